The normalized spacial score (nSPS) is 21.3. The first-order valence-electron chi connectivity index (χ1n) is 3.66. The van der Waals surface area contributed by atoms with Gasteiger partial charge in [0.2, 0.25) is 0 Å². The number of hydrogen-bond acceptors (Lipinski definition) is 1. The number of rotatable bonds is 2. The Morgan fingerprint density at radius 2 is 2.30 bits per heavy atom. The minimum absolute atomic E-state index is 0.342. The first-order chi connectivity index (χ1) is 4.62. The molecule has 0 saturated heterocycles. The van der Waals surface area contributed by atoms with E-state index in [0.29, 0.717) is 5.41 Å². The van der Waals surface area contributed by atoms with E-state index in [-0.39, 0.29) is 0 Å². The van der Waals surface area contributed by atoms with Crippen molar-refractivity contribution in [3.8, 4) is 0 Å². The molecule has 0 aliphatic heterocycles. The number of carbonyl (C=O) groups is 1. The molecule has 0 aromatic carbocycles. The number of amides is 2. The van der Waals surface area contributed by atoms with Gasteiger partial charge in [-0.1, -0.05) is 13.3 Å². The Labute approximate surface area is 61.0 Å². The molecule has 1 fully saturated rings. The molecule has 0 atom stereocenters. The molecular formula is C7H14N2O. The van der Waals surface area contributed by atoms with Gasteiger partial charge in [0, 0.05) is 6.54 Å². The lowest BCUT2D eigenvalue weighted by molar-refractivity contribution is 0.158. The molecule has 58 valence electrons. The second kappa shape index (κ2) is 2.48. The van der Waals surface area contributed by atoms with Gasteiger partial charge < -0.3 is 11.1 Å². The van der Waals surface area contributed by atoms with Gasteiger partial charge in [0.15, 0.2) is 0 Å². The molecule has 1 aliphatic rings. The number of hydrogen-bond donors (Lipinski definition) is 2. The Morgan fingerprint density at radius 3 is 2.60 bits per heavy atom. The lowest BCUT2D eigenvalue weighted by Gasteiger charge is -2.38. The average Bonchev–Trinajstić information content (AvgIpc) is 1.79. The topological polar surface area (TPSA) is 55.1 Å². The molecule has 0 unspecified atom stereocenters. The van der Waals surface area contributed by atoms with Crippen LogP contribution in [-0.2, 0) is 0 Å². The first-order valence-corrected chi connectivity index (χ1v) is 3.66. The van der Waals surface area contributed by atoms with Crippen molar-refractivity contribution in [2.45, 2.75) is 26.2 Å². The third-order valence-electron chi connectivity index (χ3n) is 2.25. The number of nitrogens with two attached hydrogens (primary N) is 1. The summed E-state index contributed by atoms with van der Waals surface area (Å²) in [6.07, 6.45) is 3.72. The Kier molecular flexibility index (Phi) is 1.83. The van der Waals surface area contributed by atoms with E-state index in [2.05, 4.69) is 12.2 Å². The molecule has 3 nitrogen and oxygen atoms in total. The van der Waals surface area contributed by atoms with Gasteiger partial charge in [-0.05, 0) is 18.3 Å². The zero-order valence-corrected chi connectivity index (χ0v) is 6.31. The monoisotopic (exact) mass is 142 g/mol. The van der Waals surface area contributed by atoms with Crippen molar-refractivity contribution in [1.29, 1.82) is 0 Å². The van der Waals surface area contributed by atoms with Gasteiger partial charge in [0.1, 0.15) is 0 Å². The minimum atomic E-state index is -0.409. The van der Waals surface area contributed by atoms with Crippen molar-refractivity contribution in [2.24, 2.45) is 11.1 Å². The van der Waals surface area contributed by atoms with Crippen LogP contribution in [0.3, 0.4) is 0 Å². The summed E-state index contributed by atoms with van der Waals surface area (Å²) in [4.78, 5) is 10.3. The molecule has 3 heteroatoms. The van der Waals surface area contributed by atoms with Gasteiger partial charge in [0.25, 0.3) is 0 Å². The van der Waals surface area contributed by atoms with E-state index in [9.17, 15) is 4.79 Å². The maximum atomic E-state index is 10.3. The highest BCUT2D eigenvalue weighted by Crippen LogP contribution is 2.39. The highest BCUT2D eigenvalue weighted by atomic mass is 16.2. The number of nitrogens with one attached hydrogen (secondary N) is 1. The summed E-state index contributed by atoms with van der Waals surface area (Å²) in [6, 6.07) is -0.409. The average molecular weight is 142 g/mol. The largest absolute Gasteiger partial charge is 0.352 e. The Morgan fingerprint density at radius 1 is 1.70 bits per heavy atom. The minimum Gasteiger partial charge on any atom is -0.352 e. The summed E-state index contributed by atoms with van der Waals surface area (Å²) < 4.78 is 0. The molecule has 0 bridgehead atoms. The van der Waals surface area contributed by atoms with Crippen LogP contribution in [0.4, 0.5) is 4.79 Å². The van der Waals surface area contributed by atoms with E-state index in [1.807, 2.05) is 0 Å². The van der Waals surface area contributed by atoms with Crippen molar-refractivity contribution in [2.75, 3.05) is 6.54 Å². The molecule has 3 N–H and O–H groups in total. The summed E-state index contributed by atoms with van der Waals surface area (Å²) in [5, 5.41) is 2.63. The number of urea groups is 1. The molecule has 1 aliphatic carbocycles. The van der Waals surface area contributed by atoms with E-state index < -0.39 is 6.03 Å². The van der Waals surface area contributed by atoms with E-state index in [1.54, 1.807) is 0 Å². The highest BCUT2D eigenvalue weighted by molar-refractivity contribution is 5.71. The lowest BCUT2D eigenvalue weighted by Crippen LogP contribution is -2.41. The maximum Gasteiger partial charge on any atom is 0.312 e. The molecule has 0 aromatic rings. The zero-order valence-electron chi connectivity index (χ0n) is 6.31. The molecule has 10 heavy (non-hydrogen) atoms. The third-order valence-corrected chi connectivity index (χ3v) is 2.25. The molecule has 0 spiro atoms. The van der Waals surface area contributed by atoms with Crippen molar-refractivity contribution >= 4 is 6.03 Å². The second-order valence-corrected chi connectivity index (χ2v) is 3.38. The molecule has 2 amide bonds. The van der Waals surface area contributed by atoms with Crippen LogP contribution in [-0.4, -0.2) is 12.6 Å². The van der Waals surface area contributed by atoms with Crippen molar-refractivity contribution < 1.29 is 4.79 Å². The Hall–Kier alpha value is -0.730. The Balaban J connectivity index is 2.18. The fraction of sp³-hybridized carbons (Fsp3) is 0.857. The molecule has 1 rings (SSSR count). The van der Waals surface area contributed by atoms with Crippen LogP contribution in [0.5, 0.6) is 0 Å². The first kappa shape index (κ1) is 7.38. The summed E-state index contributed by atoms with van der Waals surface area (Å²) in [7, 11) is 0. The van der Waals surface area contributed by atoms with Crippen LogP contribution < -0.4 is 11.1 Å². The summed E-state index contributed by atoms with van der Waals surface area (Å²) >= 11 is 0. The SMILES string of the molecule is CC1(CNC(N)=O)CCC1. The molecule has 0 aromatic heterocycles. The summed E-state index contributed by atoms with van der Waals surface area (Å²) in [5.74, 6) is 0. The van der Waals surface area contributed by atoms with Gasteiger partial charge in [-0.15, -0.1) is 0 Å². The van der Waals surface area contributed by atoms with Crippen molar-refractivity contribution in [3.63, 3.8) is 0 Å². The zero-order chi connectivity index (χ0) is 7.61. The van der Waals surface area contributed by atoms with Crippen LogP contribution >= 0.6 is 0 Å². The van der Waals surface area contributed by atoms with Crippen LogP contribution in [0.15, 0.2) is 0 Å². The van der Waals surface area contributed by atoms with Gasteiger partial charge in [-0.25, -0.2) is 4.79 Å². The van der Waals surface area contributed by atoms with Crippen molar-refractivity contribution in [3.05, 3.63) is 0 Å². The van der Waals surface area contributed by atoms with Crippen LogP contribution in [0.25, 0.3) is 0 Å². The molecular weight excluding hydrogens is 128 g/mol. The number of carbonyl (C=O) groups excluding carboxylic acids is 1. The van der Waals surface area contributed by atoms with E-state index >= 15 is 0 Å². The van der Waals surface area contributed by atoms with Gasteiger partial charge in [-0.2, -0.15) is 0 Å². The highest BCUT2D eigenvalue weighted by Gasteiger charge is 2.31. The van der Waals surface area contributed by atoms with Crippen LogP contribution in [0.1, 0.15) is 26.2 Å². The van der Waals surface area contributed by atoms with Crippen molar-refractivity contribution in [1.82, 2.24) is 5.32 Å². The predicted octanol–water partition coefficient (Wildman–Crippen LogP) is 0.845. The molecule has 0 heterocycles. The van der Waals surface area contributed by atoms with E-state index in [4.69, 9.17) is 5.73 Å². The van der Waals surface area contributed by atoms with Crippen LogP contribution in [0, 0.1) is 5.41 Å². The van der Waals surface area contributed by atoms with E-state index in [1.165, 1.54) is 19.3 Å². The smallest absolute Gasteiger partial charge is 0.312 e. The summed E-state index contributed by atoms with van der Waals surface area (Å²) in [5.41, 5.74) is 5.27. The van der Waals surface area contributed by atoms with Gasteiger partial charge in [-0.3, -0.25) is 0 Å². The fourth-order valence-corrected chi connectivity index (χ4v) is 1.26. The lowest BCUT2D eigenvalue weighted by atomic mass is 9.70. The Bertz CT molecular complexity index is 141. The van der Waals surface area contributed by atoms with E-state index in [0.717, 1.165) is 6.54 Å². The fourth-order valence-electron chi connectivity index (χ4n) is 1.26. The van der Waals surface area contributed by atoms with Gasteiger partial charge >= 0.3 is 6.03 Å². The van der Waals surface area contributed by atoms with Gasteiger partial charge in [0.05, 0.1) is 0 Å². The van der Waals surface area contributed by atoms with Crippen LogP contribution in [0.2, 0.25) is 0 Å². The maximum absolute atomic E-state index is 10.3. The quantitative estimate of drug-likeness (QED) is 0.590. The third kappa shape index (κ3) is 1.62. The standard InChI is InChI=1S/C7H14N2O/c1-7(3-2-4-7)5-9-6(8)10/h2-5H2,1H3,(H3,8,9,10). The second-order valence-electron chi connectivity index (χ2n) is 3.38. The molecule has 1 saturated carbocycles. The molecule has 0 radical (unpaired) electrons. The summed E-state index contributed by atoms with van der Waals surface area (Å²) in [6.45, 7) is 2.91. The number of primary amides is 1. The predicted molar refractivity (Wildman–Crippen MR) is 39.5 cm³/mol.